The number of nitrogens with one attached hydrogen (secondary N) is 2. The Labute approximate surface area is 111 Å². The van der Waals surface area contributed by atoms with Crippen molar-refractivity contribution < 1.29 is 9.90 Å². The van der Waals surface area contributed by atoms with Crippen LogP contribution in [0.5, 0.6) is 0 Å². The molecular weight excluding hydrogens is 228 g/mol. The van der Waals surface area contributed by atoms with E-state index in [1.54, 1.807) is 0 Å². The zero-order valence-corrected chi connectivity index (χ0v) is 11.7. The van der Waals surface area contributed by atoms with Gasteiger partial charge in [-0.25, -0.2) is 0 Å². The van der Waals surface area contributed by atoms with Crippen LogP contribution in [-0.4, -0.2) is 35.7 Å². The monoisotopic (exact) mass is 256 g/mol. The summed E-state index contributed by atoms with van der Waals surface area (Å²) < 4.78 is 0. The summed E-state index contributed by atoms with van der Waals surface area (Å²) in [6.45, 7) is 4.18. The van der Waals surface area contributed by atoms with Gasteiger partial charge in [-0.15, -0.1) is 0 Å². The lowest BCUT2D eigenvalue weighted by Crippen LogP contribution is -2.49. The predicted molar refractivity (Wildman–Crippen MR) is 73.4 cm³/mol. The summed E-state index contributed by atoms with van der Waals surface area (Å²) in [7, 11) is 0. The summed E-state index contributed by atoms with van der Waals surface area (Å²) in [5.41, 5.74) is 0. The zero-order chi connectivity index (χ0) is 13.4. The molecule has 0 saturated heterocycles. The van der Waals surface area contributed by atoms with Crippen LogP contribution in [0, 0.1) is 0 Å². The van der Waals surface area contributed by atoms with E-state index in [-0.39, 0.29) is 24.6 Å². The molecule has 2 atom stereocenters. The third-order valence-electron chi connectivity index (χ3n) is 3.67. The van der Waals surface area contributed by atoms with E-state index in [0.717, 1.165) is 25.7 Å². The van der Waals surface area contributed by atoms with E-state index in [1.165, 1.54) is 19.3 Å². The summed E-state index contributed by atoms with van der Waals surface area (Å²) >= 11 is 0. The van der Waals surface area contributed by atoms with Crippen molar-refractivity contribution in [2.45, 2.75) is 76.9 Å². The molecule has 1 fully saturated rings. The number of aliphatic hydroxyl groups excluding tert-OH is 1. The molecular formula is C14H28N2O2. The van der Waals surface area contributed by atoms with E-state index in [1.807, 2.05) is 6.92 Å². The Morgan fingerprint density at radius 3 is 2.56 bits per heavy atom. The third-order valence-corrected chi connectivity index (χ3v) is 3.67. The second-order valence-electron chi connectivity index (χ2n) is 5.50. The van der Waals surface area contributed by atoms with Crippen LogP contribution in [0.25, 0.3) is 0 Å². The van der Waals surface area contributed by atoms with Gasteiger partial charge < -0.3 is 15.7 Å². The minimum Gasteiger partial charge on any atom is -0.396 e. The van der Waals surface area contributed by atoms with E-state index in [0.29, 0.717) is 6.04 Å². The average Bonchev–Trinajstić information content (AvgIpc) is 2.37. The maximum atomic E-state index is 12.0. The fourth-order valence-corrected chi connectivity index (χ4v) is 2.56. The summed E-state index contributed by atoms with van der Waals surface area (Å²) in [4.78, 5) is 12.0. The highest BCUT2D eigenvalue weighted by atomic mass is 16.2. The van der Waals surface area contributed by atoms with Crippen LogP contribution in [0.1, 0.15) is 58.8 Å². The largest absolute Gasteiger partial charge is 0.396 e. The first kappa shape index (κ1) is 15.4. The van der Waals surface area contributed by atoms with Crippen LogP contribution < -0.4 is 10.6 Å². The molecule has 1 rings (SSSR count). The Bertz CT molecular complexity index is 240. The van der Waals surface area contributed by atoms with E-state index >= 15 is 0 Å². The van der Waals surface area contributed by atoms with Crippen molar-refractivity contribution in [2.24, 2.45) is 0 Å². The third kappa shape index (κ3) is 5.83. The highest BCUT2D eigenvalue weighted by molar-refractivity contribution is 5.81. The second-order valence-corrected chi connectivity index (χ2v) is 5.50. The quantitative estimate of drug-likeness (QED) is 0.648. The van der Waals surface area contributed by atoms with Crippen LogP contribution >= 0.6 is 0 Å². The first-order chi connectivity index (χ1) is 8.63. The molecule has 0 aromatic heterocycles. The van der Waals surface area contributed by atoms with Gasteiger partial charge in [-0.1, -0.05) is 19.3 Å². The molecule has 18 heavy (non-hydrogen) atoms. The summed E-state index contributed by atoms with van der Waals surface area (Å²) in [5.74, 6) is 0.109. The molecule has 1 amide bonds. The van der Waals surface area contributed by atoms with E-state index in [4.69, 9.17) is 5.11 Å². The van der Waals surface area contributed by atoms with Crippen molar-refractivity contribution in [3.63, 3.8) is 0 Å². The lowest BCUT2D eigenvalue weighted by molar-refractivity contribution is -0.123. The van der Waals surface area contributed by atoms with Gasteiger partial charge in [0.05, 0.1) is 6.04 Å². The van der Waals surface area contributed by atoms with E-state index in [9.17, 15) is 4.79 Å². The minimum absolute atomic E-state index is 0.109. The Kier molecular flexibility index (Phi) is 7.28. The first-order valence-corrected chi connectivity index (χ1v) is 7.30. The topological polar surface area (TPSA) is 61.4 Å². The SMILES string of the molecule is CC(CCCO)NC(C)C(=O)NC1CCCCC1. The van der Waals surface area contributed by atoms with Crippen molar-refractivity contribution in [1.82, 2.24) is 10.6 Å². The Morgan fingerprint density at radius 1 is 1.28 bits per heavy atom. The van der Waals surface area contributed by atoms with Gasteiger partial charge in [0, 0.05) is 18.7 Å². The fraction of sp³-hybridized carbons (Fsp3) is 0.929. The van der Waals surface area contributed by atoms with Gasteiger partial charge in [0.1, 0.15) is 0 Å². The normalized spacial score (nSPS) is 20.4. The smallest absolute Gasteiger partial charge is 0.237 e. The van der Waals surface area contributed by atoms with Crippen LogP contribution in [0.3, 0.4) is 0 Å². The summed E-state index contributed by atoms with van der Waals surface area (Å²) in [5, 5.41) is 15.2. The van der Waals surface area contributed by atoms with Crippen LogP contribution in [-0.2, 0) is 4.79 Å². The molecule has 106 valence electrons. The van der Waals surface area contributed by atoms with Gasteiger partial charge in [-0.3, -0.25) is 4.79 Å². The van der Waals surface area contributed by atoms with Gasteiger partial charge >= 0.3 is 0 Å². The van der Waals surface area contributed by atoms with E-state index in [2.05, 4.69) is 17.6 Å². The fourth-order valence-electron chi connectivity index (χ4n) is 2.56. The van der Waals surface area contributed by atoms with Crippen molar-refractivity contribution >= 4 is 5.91 Å². The first-order valence-electron chi connectivity index (χ1n) is 7.30. The number of hydrogen-bond acceptors (Lipinski definition) is 3. The molecule has 4 nitrogen and oxygen atoms in total. The molecule has 0 heterocycles. The average molecular weight is 256 g/mol. The molecule has 0 radical (unpaired) electrons. The van der Waals surface area contributed by atoms with Crippen LogP contribution in [0.2, 0.25) is 0 Å². The van der Waals surface area contributed by atoms with Crippen molar-refractivity contribution in [1.29, 1.82) is 0 Å². The standard InChI is InChI=1S/C14H28N2O2/c1-11(7-6-10-17)15-12(2)14(18)16-13-8-4-3-5-9-13/h11-13,15,17H,3-10H2,1-2H3,(H,16,18). The molecule has 0 aliphatic heterocycles. The maximum absolute atomic E-state index is 12.0. The predicted octanol–water partition coefficient (Wildman–Crippen LogP) is 1.57. The number of carbonyl (C=O) groups excluding carboxylic acids is 1. The maximum Gasteiger partial charge on any atom is 0.237 e. The number of rotatable bonds is 7. The molecule has 0 aromatic rings. The van der Waals surface area contributed by atoms with Crippen molar-refractivity contribution in [3.05, 3.63) is 0 Å². The Morgan fingerprint density at radius 2 is 1.94 bits per heavy atom. The van der Waals surface area contributed by atoms with Crippen LogP contribution in [0.4, 0.5) is 0 Å². The minimum atomic E-state index is -0.152. The molecule has 1 aliphatic carbocycles. The van der Waals surface area contributed by atoms with Gasteiger partial charge in [-0.05, 0) is 39.5 Å². The van der Waals surface area contributed by atoms with Gasteiger partial charge in [0.15, 0.2) is 0 Å². The van der Waals surface area contributed by atoms with Gasteiger partial charge in [-0.2, -0.15) is 0 Å². The van der Waals surface area contributed by atoms with Gasteiger partial charge in [0.2, 0.25) is 5.91 Å². The number of amides is 1. The lowest BCUT2D eigenvalue weighted by Gasteiger charge is -2.26. The molecule has 0 spiro atoms. The van der Waals surface area contributed by atoms with Crippen molar-refractivity contribution in [2.75, 3.05) is 6.61 Å². The van der Waals surface area contributed by atoms with Crippen LogP contribution in [0.15, 0.2) is 0 Å². The lowest BCUT2D eigenvalue weighted by atomic mass is 9.95. The zero-order valence-electron chi connectivity index (χ0n) is 11.7. The highest BCUT2D eigenvalue weighted by Gasteiger charge is 2.20. The molecule has 0 bridgehead atoms. The van der Waals surface area contributed by atoms with E-state index < -0.39 is 0 Å². The molecule has 1 saturated carbocycles. The number of hydrogen-bond donors (Lipinski definition) is 3. The molecule has 0 aromatic carbocycles. The summed E-state index contributed by atoms with van der Waals surface area (Å²) in [6, 6.07) is 0.494. The number of aliphatic hydroxyl groups is 1. The highest BCUT2D eigenvalue weighted by Crippen LogP contribution is 2.17. The van der Waals surface area contributed by atoms with Gasteiger partial charge in [0.25, 0.3) is 0 Å². The summed E-state index contributed by atoms with van der Waals surface area (Å²) in [6.07, 6.45) is 7.71. The Balaban J connectivity index is 2.22. The molecule has 3 N–H and O–H groups in total. The molecule has 1 aliphatic rings. The van der Waals surface area contributed by atoms with Crippen molar-refractivity contribution in [3.8, 4) is 0 Å². The molecule has 2 unspecified atom stereocenters. The Hall–Kier alpha value is -0.610. The second kappa shape index (κ2) is 8.48. The molecule has 4 heteroatoms. The number of carbonyl (C=O) groups is 1.